The molecule has 0 bridgehead atoms. The molecule has 0 saturated carbocycles. The molecule has 5 nitrogen and oxygen atoms in total. The molecule has 0 spiro atoms. The number of aliphatic hydroxyl groups excluding tert-OH is 2. The van der Waals surface area contributed by atoms with Crippen molar-refractivity contribution >= 4 is 5.97 Å². The van der Waals surface area contributed by atoms with E-state index in [4.69, 9.17) is 14.9 Å². The van der Waals surface area contributed by atoms with E-state index in [0.717, 1.165) is 12.8 Å². The second-order valence-corrected chi connectivity index (χ2v) is 7.47. The monoisotopic (exact) mass is 398 g/mol. The van der Waals surface area contributed by atoms with Crippen LogP contribution < -0.4 is 0 Å². The van der Waals surface area contributed by atoms with E-state index >= 15 is 0 Å². The zero-order chi connectivity index (χ0) is 20.9. The Bertz CT molecular complexity index is 413. The molecular weight excluding hydrogens is 356 g/mol. The molecule has 5 heteroatoms. The number of hydrogen-bond donors (Lipinski definition) is 3. The number of aliphatic hydroxyl groups is 2. The van der Waals surface area contributed by atoms with Crippen LogP contribution in [-0.2, 0) is 9.53 Å². The zero-order valence-electron chi connectivity index (χ0n) is 17.8. The van der Waals surface area contributed by atoms with Gasteiger partial charge in [-0.3, -0.25) is 4.79 Å². The molecule has 0 saturated heterocycles. The van der Waals surface area contributed by atoms with Crippen LogP contribution in [0.25, 0.3) is 0 Å². The van der Waals surface area contributed by atoms with E-state index in [0.29, 0.717) is 19.3 Å². The second kappa shape index (κ2) is 20.6. The molecule has 0 aliphatic heterocycles. The van der Waals surface area contributed by atoms with Crippen LogP contribution in [0.4, 0.5) is 0 Å². The Morgan fingerprint density at radius 2 is 1.54 bits per heavy atom. The van der Waals surface area contributed by atoms with Crippen LogP contribution in [0.15, 0.2) is 0 Å². The van der Waals surface area contributed by atoms with Gasteiger partial charge in [0.15, 0.2) is 0 Å². The van der Waals surface area contributed by atoms with Crippen LogP contribution >= 0.6 is 0 Å². The number of hydrogen-bond acceptors (Lipinski definition) is 4. The first-order valence-electron chi connectivity index (χ1n) is 11.2. The highest BCUT2D eigenvalue weighted by Crippen LogP contribution is 2.11. The number of rotatable bonds is 19. The average molecular weight is 399 g/mol. The second-order valence-electron chi connectivity index (χ2n) is 7.47. The van der Waals surface area contributed by atoms with E-state index in [-0.39, 0.29) is 19.6 Å². The Kier molecular flexibility index (Phi) is 19.8. The van der Waals surface area contributed by atoms with E-state index in [1.807, 2.05) is 0 Å². The van der Waals surface area contributed by atoms with Crippen molar-refractivity contribution in [2.75, 3.05) is 13.2 Å². The molecule has 28 heavy (non-hydrogen) atoms. The Morgan fingerprint density at radius 3 is 2.11 bits per heavy atom. The predicted molar refractivity (Wildman–Crippen MR) is 113 cm³/mol. The molecule has 0 aromatic heterocycles. The summed E-state index contributed by atoms with van der Waals surface area (Å²) in [5.41, 5.74) is 0. The molecule has 3 N–H and O–H groups in total. The SMILES string of the molecule is CCCCCCCCCCCCC#CC(OCCCC(=O)O)C(O)CCCO. The van der Waals surface area contributed by atoms with Crippen LogP contribution in [-0.4, -0.2) is 46.7 Å². The van der Waals surface area contributed by atoms with Crippen molar-refractivity contribution in [1.29, 1.82) is 0 Å². The standard InChI is InChI=1S/C23H42O5/c1-2-3-4-5-6-7-8-9-10-11-12-13-17-22(21(25)16-14-19-24)28-20-15-18-23(26)27/h21-22,24-25H,2-12,14-16,18-20H2,1H3,(H,26,27). The Labute approximate surface area is 171 Å². The number of carboxylic acids is 1. The lowest BCUT2D eigenvalue weighted by Crippen LogP contribution is -2.28. The minimum atomic E-state index is -0.854. The summed E-state index contributed by atoms with van der Waals surface area (Å²) >= 11 is 0. The predicted octanol–water partition coefficient (Wildman–Crippen LogP) is 4.68. The number of aliphatic carboxylic acids is 1. The summed E-state index contributed by atoms with van der Waals surface area (Å²) in [6.07, 6.45) is 13.7. The van der Waals surface area contributed by atoms with Gasteiger partial charge in [-0.2, -0.15) is 0 Å². The number of carbonyl (C=O) groups is 1. The van der Waals surface area contributed by atoms with Gasteiger partial charge in [0.2, 0.25) is 0 Å². The highest BCUT2D eigenvalue weighted by atomic mass is 16.5. The van der Waals surface area contributed by atoms with Crippen molar-refractivity contribution in [3.8, 4) is 11.8 Å². The van der Waals surface area contributed by atoms with E-state index in [1.165, 1.54) is 57.8 Å². The third-order valence-corrected chi connectivity index (χ3v) is 4.74. The molecule has 2 atom stereocenters. The first-order chi connectivity index (χ1) is 13.6. The molecule has 0 fully saturated rings. The molecule has 0 amide bonds. The van der Waals surface area contributed by atoms with Gasteiger partial charge in [-0.05, 0) is 25.7 Å². The maximum absolute atomic E-state index is 10.6. The van der Waals surface area contributed by atoms with Crippen LogP contribution in [0.5, 0.6) is 0 Å². The molecule has 164 valence electrons. The summed E-state index contributed by atoms with van der Waals surface area (Å²) in [6.45, 7) is 2.53. The molecule has 2 unspecified atom stereocenters. The van der Waals surface area contributed by atoms with Gasteiger partial charge in [-0.15, -0.1) is 5.92 Å². The first-order valence-corrected chi connectivity index (χ1v) is 11.2. The van der Waals surface area contributed by atoms with Crippen molar-refractivity contribution in [2.45, 2.75) is 115 Å². The normalized spacial score (nSPS) is 13.0. The smallest absolute Gasteiger partial charge is 0.303 e. The highest BCUT2D eigenvalue weighted by molar-refractivity contribution is 5.66. The van der Waals surface area contributed by atoms with E-state index in [2.05, 4.69) is 18.8 Å². The fourth-order valence-electron chi connectivity index (χ4n) is 3.01. The molecule has 0 heterocycles. The van der Waals surface area contributed by atoms with Gasteiger partial charge in [-0.1, -0.05) is 70.6 Å². The van der Waals surface area contributed by atoms with Gasteiger partial charge in [0.05, 0.1) is 6.10 Å². The quantitative estimate of drug-likeness (QED) is 0.217. The molecule has 0 aliphatic carbocycles. The fourth-order valence-corrected chi connectivity index (χ4v) is 3.01. The summed E-state index contributed by atoms with van der Waals surface area (Å²) in [7, 11) is 0. The minimum absolute atomic E-state index is 0.0226. The van der Waals surface area contributed by atoms with E-state index in [1.54, 1.807) is 0 Å². The molecule has 0 radical (unpaired) electrons. The topological polar surface area (TPSA) is 87.0 Å². The van der Waals surface area contributed by atoms with E-state index in [9.17, 15) is 9.90 Å². The molecule has 0 aromatic rings. The van der Waals surface area contributed by atoms with Gasteiger partial charge in [0.1, 0.15) is 6.10 Å². The number of ether oxygens (including phenoxy) is 1. The summed E-state index contributed by atoms with van der Waals surface area (Å²) < 4.78 is 5.58. The van der Waals surface area contributed by atoms with Gasteiger partial charge in [0.25, 0.3) is 0 Å². The number of carboxylic acid groups (broad SMARTS) is 1. The largest absolute Gasteiger partial charge is 0.481 e. The number of unbranched alkanes of at least 4 members (excludes halogenated alkanes) is 10. The van der Waals surface area contributed by atoms with Crippen molar-refractivity contribution in [2.24, 2.45) is 0 Å². The highest BCUT2D eigenvalue weighted by Gasteiger charge is 2.17. The summed E-state index contributed by atoms with van der Waals surface area (Å²) in [6, 6.07) is 0. The Hall–Kier alpha value is -1.09. The van der Waals surface area contributed by atoms with Crippen molar-refractivity contribution in [3.05, 3.63) is 0 Å². The lowest BCUT2D eigenvalue weighted by Gasteiger charge is -2.18. The van der Waals surface area contributed by atoms with Crippen molar-refractivity contribution < 1.29 is 24.9 Å². The van der Waals surface area contributed by atoms with Crippen molar-refractivity contribution in [3.63, 3.8) is 0 Å². The molecular formula is C23H42O5. The van der Waals surface area contributed by atoms with Crippen LogP contribution in [0.1, 0.15) is 103 Å². The molecule has 0 rings (SSSR count). The van der Waals surface area contributed by atoms with Crippen LogP contribution in [0, 0.1) is 11.8 Å². The fraction of sp³-hybridized carbons (Fsp3) is 0.870. The summed E-state index contributed by atoms with van der Waals surface area (Å²) in [5.74, 6) is 5.25. The van der Waals surface area contributed by atoms with Gasteiger partial charge < -0.3 is 20.1 Å². The third-order valence-electron chi connectivity index (χ3n) is 4.74. The molecule has 0 aromatic carbocycles. The van der Waals surface area contributed by atoms with Gasteiger partial charge in [0, 0.05) is 26.1 Å². The lowest BCUT2D eigenvalue weighted by atomic mass is 10.1. The van der Waals surface area contributed by atoms with Crippen LogP contribution in [0.2, 0.25) is 0 Å². The average Bonchev–Trinajstić information content (AvgIpc) is 2.68. The zero-order valence-corrected chi connectivity index (χ0v) is 17.8. The summed E-state index contributed by atoms with van der Waals surface area (Å²) in [5, 5.41) is 27.7. The first kappa shape index (κ1) is 26.9. The van der Waals surface area contributed by atoms with E-state index < -0.39 is 18.2 Å². The molecule has 0 aliphatic rings. The maximum Gasteiger partial charge on any atom is 0.303 e. The summed E-state index contributed by atoms with van der Waals surface area (Å²) in [4.78, 5) is 10.6. The third kappa shape index (κ3) is 18.3. The van der Waals surface area contributed by atoms with Gasteiger partial charge in [-0.25, -0.2) is 0 Å². The van der Waals surface area contributed by atoms with Gasteiger partial charge >= 0.3 is 5.97 Å². The Balaban J connectivity index is 3.94. The van der Waals surface area contributed by atoms with Crippen LogP contribution in [0.3, 0.4) is 0 Å². The van der Waals surface area contributed by atoms with Crippen molar-refractivity contribution in [1.82, 2.24) is 0 Å². The lowest BCUT2D eigenvalue weighted by molar-refractivity contribution is -0.137. The Morgan fingerprint density at radius 1 is 0.929 bits per heavy atom. The maximum atomic E-state index is 10.6. The minimum Gasteiger partial charge on any atom is -0.481 e.